The zero-order valence-corrected chi connectivity index (χ0v) is 13.1. The Kier molecular flexibility index (Phi) is 5.19. The molecule has 3 nitrogen and oxygen atoms in total. The third-order valence-electron chi connectivity index (χ3n) is 2.45. The third kappa shape index (κ3) is 4.08. The fourth-order valence-electron chi connectivity index (χ4n) is 1.52. The molecule has 0 fully saturated rings. The summed E-state index contributed by atoms with van der Waals surface area (Å²) in [6.07, 6.45) is -0.715. The Balaban J connectivity index is 1.98. The van der Waals surface area contributed by atoms with Gasteiger partial charge in [0.05, 0.1) is 5.69 Å². The van der Waals surface area contributed by atoms with Gasteiger partial charge in [0.25, 0.3) is 0 Å². The summed E-state index contributed by atoms with van der Waals surface area (Å²) in [5.41, 5.74) is 0.919. The van der Waals surface area contributed by atoms with Gasteiger partial charge in [-0.05, 0) is 40.3 Å². The van der Waals surface area contributed by atoms with Gasteiger partial charge < -0.3 is 4.74 Å². The summed E-state index contributed by atoms with van der Waals surface area (Å²) in [6, 6.07) is 11.9. The summed E-state index contributed by atoms with van der Waals surface area (Å²) < 4.78 is 19.2. The molecule has 0 saturated carbocycles. The van der Waals surface area contributed by atoms with Crippen LogP contribution in [0.4, 0.5) is 14.9 Å². The average Bonchev–Trinajstić information content (AvgIpc) is 2.42. The smallest absolute Gasteiger partial charge is 0.412 e. The van der Waals surface area contributed by atoms with Crippen LogP contribution in [0.5, 0.6) is 0 Å². The van der Waals surface area contributed by atoms with Gasteiger partial charge in [-0.25, -0.2) is 9.18 Å². The van der Waals surface area contributed by atoms with Crippen molar-refractivity contribution in [3.63, 3.8) is 0 Å². The van der Waals surface area contributed by atoms with Gasteiger partial charge in [-0.2, -0.15) is 0 Å². The molecule has 20 heavy (non-hydrogen) atoms. The number of ether oxygens (including phenoxy) is 1. The van der Waals surface area contributed by atoms with E-state index < -0.39 is 11.9 Å². The number of rotatable bonds is 3. The lowest BCUT2D eigenvalue weighted by Crippen LogP contribution is -2.15. The topological polar surface area (TPSA) is 38.3 Å². The Hall–Kier alpha value is -1.34. The molecule has 0 unspecified atom stereocenters. The molecule has 1 N–H and O–H groups in total. The van der Waals surface area contributed by atoms with E-state index in [-0.39, 0.29) is 17.3 Å². The predicted octanol–water partition coefficient (Wildman–Crippen LogP) is 4.83. The van der Waals surface area contributed by atoms with E-state index in [1.54, 1.807) is 6.07 Å². The van der Waals surface area contributed by atoms with Crippen LogP contribution in [-0.4, -0.2) is 6.09 Å². The molecule has 0 aliphatic heterocycles. The molecule has 2 aromatic carbocycles. The third-order valence-corrected chi connectivity index (χ3v) is 3.52. The second-order valence-corrected chi connectivity index (χ2v) is 5.53. The van der Waals surface area contributed by atoms with E-state index in [1.807, 2.05) is 52.9 Å². The Morgan fingerprint density at radius 2 is 2.00 bits per heavy atom. The first-order chi connectivity index (χ1) is 9.56. The molecule has 2 aromatic rings. The maximum atomic E-state index is 13.7. The van der Waals surface area contributed by atoms with Gasteiger partial charge in [0.2, 0.25) is 0 Å². The van der Waals surface area contributed by atoms with Gasteiger partial charge in [0.15, 0.2) is 0 Å². The van der Waals surface area contributed by atoms with Crippen LogP contribution in [-0.2, 0) is 11.3 Å². The maximum Gasteiger partial charge on any atom is 0.412 e. The van der Waals surface area contributed by atoms with Crippen LogP contribution in [0.3, 0.4) is 0 Å². The van der Waals surface area contributed by atoms with Gasteiger partial charge in [-0.15, -0.1) is 0 Å². The van der Waals surface area contributed by atoms with Crippen molar-refractivity contribution in [1.82, 2.24) is 0 Å². The first-order valence-electron chi connectivity index (χ1n) is 5.68. The Labute approximate surface area is 134 Å². The SMILES string of the molecule is O=C(Nc1c(F)cc(Cl)cc1I)OCc1ccccc1. The number of anilines is 1. The van der Waals surface area contributed by atoms with Crippen molar-refractivity contribution < 1.29 is 13.9 Å². The molecule has 0 bridgehead atoms. The number of amides is 1. The van der Waals surface area contributed by atoms with E-state index in [9.17, 15) is 9.18 Å². The molecule has 0 aromatic heterocycles. The summed E-state index contributed by atoms with van der Waals surface area (Å²) in [5.74, 6) is -0.599. The van der Waals surface area contributed by atoms with E-state index >= 15 is 0 Å². The molecule has 104 valence electrons. The molecule has 0 radical (unpaired) electrons. The first-order valence-corrected chi connectivity index (χ1v) is 7.14. The molecule has 0 atom stereocenters. The van der Waals surface area contributed by atoms with Crippen molar-refractivity contribution in [3.05, 3.63) is 62.4 Å². The molecule has 0 spiro atoms. The first kappa shape index (κ1) is 15.1. The summed E-state index contributed by atoms with van der Waals surface area (Å²) in [5, 5.41) is 2.65. The summed E-state index contributed by atoms with van der Waals surface area (Å²) in [6.45, 7) is 0.123. The minimum atomic E-state index is -0.715. The second-order valence-electron chi connectivity index (χ2n) is 3.93. The van der Waals surface area contributed by atoms with Gasteiger partial charge in [-0.3, -0.25) is 5.32 Å². The highest BCUT2D eigenvalue weighted by Gasteiger charge is 2.12. The zero-order valence-electron chi connectivity index (χ0n) is 10.2. The zero-order chi connectivity index (χ0) is 14.5. The number of nitrogens with one attached hydrogen (secondary N) is 1. The number of halogens is 3. The molecule has 0 heterocycles. The van der Waals surface area contributed by atoms with E-state index in [1.165, 1.54) is 0 Å². The van der Waals surface area contributed by atoms with Crippen LogP contribution in [0.25, 0.3) is 0 Å². The average molecular weight is 406 g/mol. The fourth-order valence-corrected chi connectivity index (χ4v) is 2.64. The lowest BCUT2D eigenvalue weighted by molar-refractivity contribution is 0.155. The van der Waals surface area contributed by atoms with Crippen molar-refractivity contribution in [2.24, 2.45) is 0 Å². The Morgan fingerprint density at radius 1 is 1.30 bits per heavy atom. The van der Waals surface area contributed by atoms with Crippen molar-refractivity contribution in [3.8, 4) is 0 Å². The molecule has 6 heteroatoms. The van der Waals surface area contributed by atoms with E-state index in [0.717, 1.165) is 11.6 Å². The number of carbonyl (C=O) groups excluding carboxylic acids is 1. The predicted molar refractivity (Wildman–Crippen MR) is 84.4 cm³/mol. The van der Waals surface area contributed by atoms with Crippen LogP contribution >= 0.6 is 34.2 Å². The standard InChI is InChI=1S/C14H10ClFINO2/c15-10-6-11(16)13(12(17)7-10)18-14(19)20-8-9-4-2-1-3-5-9/h1-7H,8H2,(H,18,19). The van der Waals surface area contributed by atoms with Gasteiger partial charge in [-0.1, -0.05) is 41.9 Å². The molecule has 0 saturated heterocycles. The lowest BCUT2D eigenvalue weighted by atomic mass is 10.2. The van der Waals surface area contributed by atoms with Gasteiger partial charge in [0.1, 0.15) is 12.4 Å². The fraction of sp³-hybridized carbons (Fsp3) is 0.0714. The molecule has 0 aliphatic rings. The highest BCUT2D eigenvalue weighted by Crippen LogP contribution is 2.26. The highest BCUT2D eigenvalue weighted by molar-refractivity contribution is 14.1. The summed E-state index contributed by atoms with van der Waals surface area (Å²) in [7, 11) is 0. The van der Waals surface area contributed by atoms with Crippen LogP contribution < -0.4 is 5.32 Å². The van der Waals surface area contributed by atoms with E-state index in [2.05, 4.69) is 5.32 Å². The quantitative estimate of drug-likeness (QED) is 0.743. The Bertz CT molecular complexity index is 599. The maximum absolute atomic E-state index is 13.7. The molecular formula is C14H10ClFINO2. The summed E-state index contributed by atoms with van der Waals surface area (Å²) >= 11 is 7.60. The van der Waals surface area contributed by atoms with Crippen LogP contribution in [0.15, 0.2) is 42.5 Å². The molecule has 2 rings (SSSR count). The number of carbonyl (C=O) groups is 1. The number of hydrogen-bond acceptors (Lipinski definition) is 2. The largest absolute Gasteiger partial charge is 0.444 e. The number of benzene rings is 2. The van der Waals surface area contributed by atoms with Gasteiger partial charge in [0, 0.05) is 8.59 Å². The van der Waals surface area contributed by atoms with Crippen LogP contribution in [0.2, 0.25) is 5.02 Å². The van der Waals surface area contributed by atoms with E-state index in [0.29, 0.717) is 3.57 Å². The number of hydrogen-bond donors (Lipinski definition) is 1. The lowest BCUT2D eigenvalue weighted by Gasteiger charge is -2.10. The minimum absolute atomic E-state index is 0.0630. The Morgan fingerprint density at radius 3 is 2.65 bits per heavy atom. The summed E-state index contributed by atoms with van der Waals surface area (Å²) in [4.78, 5) is 11.6. The van der Waals surface area contributed by atoms with Crippen LogP contribution in [0.1, 0.15) is 5.56 Å². The van der Waals surface area contributed by atoms with Crippen molar-refractivity contribution in [2.45, 2.75) is 6.61 Å². The normalized spacial score (nSPS) is 10.2. The second kappa shape index (κ2) is 6.90. The van der Waals surface area contributed by atoms with Crippen LogP contribution in [0, 0.1) is 9.39 Å². The minimum Gasteiger partial charge on any atom is -0.444 e. The van der Waals surface area contributed by atoms with Crippen molar-refractivity contribution in [1.29, 1.82) is 0 Å². The van der Waals surface area contributed by atoms with Gasteiger partial charge >= 0.3 is 6.09 Å². The molecular weight excluding hydrogens is 396 g/mol. The molecule has 0 aliphatic carbocycles. The monoisotopic (exact) mass is 405 g/mol. The van der Waals surface area contributed by atoms with Crippen molar-refractivity contribution in [2.75, 3.05) is 5.32 Å². The molecule has 1 amide bonds. The van der Waals surface area contributed by atoms with Crippen molar-refractivity contribution >= 4 is 46.0 Å². The van der Waals surface area contributed by atoms with E-state index in [4.69, 9.17) is 16.3 Å². The highest BCUT2D eigenvalue weighted by atomic mass is 127.